The summed E-state index contributed by atoms with van der Waals surface area (Å²) >= 11 is 1.58. The molecular weight excluding hydrogens is 118 g/mol. The van der Waals surface area contributed by atoms with Crippen molar-refractivity contribution in [2.45, 2.75) is 13.8 Å². The van der Waals surface area contributed by atoms with Crippen LogP contribution in [0.4, 0.5) is 0 Å². The topological polar surface area (TPSA) is 23.8 Å². The summed E-state index contributed by atoms with van der Waals surface area (Å²) in [5, 5.41) is 8.32. The quantitative estimate of drug-likeness (QED) is 0.531. The van der Waals surface area contributed by atoms with Gasteiger partial charge in [0.05, 0.1) is 4.91 Å². The number of nitrogens with zero attached hydrogens (tertiary/aromatic N) is 1. The smallest absolute Gasteiger partial charge is 0.106 e. The summed E-state index contributed by atoms with van der Waals surface area (Å²) in [6.45, 7) is 3.91. The van der Waals surface area contributed by atoms with E-state index in [4.69, 9.17) is 5.26 Å². The van der Waals surface area contributed by atoms with Gasteiger partial charge < -0.3 is 0 Å². The predicted molar refractivity (Wildman–Crippen MR) is 37.5 cm³/mol. The van der Waals surface area contributed by atoms with E-state index < -0.39 is 0 Å². The zero-order valence-electron chi connectivity index (χ0n) is 5.14. The van der Waals surface area contributed by atoms with E-state index in [1.807, 2.05) is 19.9 Å². The first-order valence-electron chi connectivity index (χ1n) is 2.54. The molecule has 0 bridgehead atoms. The molecule has 0 saturated heterocycles. The molecular formula is C6H9NS. The average Bonchev–Trinajstić information content (AvgIpc) is 1.83. The summed E-state index contributed by atoms with van der Waals surface area (Å²) < 4.78 is 0. The van der Waals surface area contributed by atoms with Crippen molar-refractivity contribution in [1.29, 1.82) is 5.26 Å². The Morgan fingerprint density at radius 3 is 2.62 bits per heavy atom. The summed E-state index contributed by atoms with van der Waals surface area (Å²) in [6, 6.07) is 2.08. The molecule has 0 aromatic heterocycles. The maximum Gasteiger partial charge on any atom is 0.106 e. The van der Waals surface area contributed by atoms with E-state index in [9.17, 15) is 0 Å². The van der Waals surface area contributed by atoms with E-state index in [0.717, 1.165) is 10.7 Å². The normalized spacial score (nSPS) is 10.9. The van der Waals surface area contributed by atoms with Crippen LogP contribution in [0.15, 0.2) is 11.0 Å². The Balaban J connectivity index is 3.60. The SMILES string of the molecule is C/C=C(\C#N)SCC. The number of rotatable bonds is 2. The molecule has 1 nitrogen and oxygen atoms in total. The molecule has 0 aliphatic heterocycles. The van der Waals surface area contributed by atoms with Crippen molar-refractivity contribution in [3.8, 4) is 6.07 Å². The van der Waals surface area contributed by atoms with Gasteiger partial charge in [-0.15, -0.1) is 11.8 Å². The zero-order valence-corrected chi connectivity index (χ0v) is 5.96. The number of hydrogen-bond acceptors (Lipinski definition) is 2. The minimum Gasteiger partial charge on any atom is -0.192 e. The molecule has 0 fully saturated rings. The molecule has 0 radical (unpaired) electrons. The standard InChI is InChI=1S/C6H9NS/c1-3-6(5-7)8-4-2/h3H,4H2,1-2H3/b6-3+. The molecule has 0 N–H and O–H groups in total. The molecule has 0 amide bonds. The van der Waals surface area contributed by atoms with E-state index in [2.05, 4.69) is 6.07 Å². The molecule has 8 heavy (non-hydrogen) atoms. The van der Waals surface area contributed by atoms with Crippen LogP contribution >= 0.6 is 11.8 Å². The van der Waals surface area contributed by atoms with Gasteiger partial charge in [-0.2, -0.15) is 5.26 Å². The van der Waals surface area contributed by atoms with Gasteiger partial charge in [0, 0.05) is 0 Å². The summed E-state index contributed by atoms with van der Waals surface area (Å²) in [5.74, 6) is 0.979. The molecule has 0 unspecified atom stereocenters. The Hall–Kier alpha value is -0.420. The molecule has 0 rings (SSSR count). The summed E-state index contributed by atoms with van der Waals surface area (Å²) in [5.41, 5.74) is 0. The second kappa shape index (κ2) is 4.73. The lowest BCUT2D eigenvalue weighted by molar-refractivity contribution is 1.50. The molecule has 0 saturated carbocycles. The summed E-state index contributed by atoms with van der Waals surface area (Å²) in [6.07, 6.45) is 1.83. The van der Waals surface area contributed by atoms with Crippen LogP contribution in [0.2, 0.25) is 0 Å². The summed E-state index contributed by atoms with van der Waals surface area (Å²) in [4.78, 5) is 0.813. The highest BCUT2D eigenvalue weighted by atomic mass is 32.2. The lowest BCUT2D eigenvalue weighted by atomic mass is 10.6. The number of allylic oxidation sites excluding steroid dienone is 2. The summed E-state index contributed by atoms with van der Waals surface area (Å²) in [7, 11) is 0. The van der Waals surface area contributed by atoms with E-state index in [1.165, 1.54) is 0 Å². The first-order valence-corrected chi connectivity index (χ1v) is 3.53. The van der Waals surface area contributed by atoms with Gasteiger partial charge in [-0.05, 0) is 12.7 Å². The van der Waals surface area contributed by atoms with Gasteiger partial charge in [0.15, 0.2) is 0 Å². The molecule has 0 aliphatic rings. The van der Waals surface area contributed by atoms with Crippen LogP contribution in [0, 0.1) is 11.3 Å². The van der Waals surface area contributed by atoms with Crippen molar-refractivity contribution in [3.63, 3.8) is 0 Å². The molecule has 0 aromatic carbocycles. The number of thioether (sulfide) groups is 1. The van der Waals surface area contributed by atoms with Gasteiger partial charge in [0.1, 0.15) is 6.07 Å². The van der Waals surface area contributed by atoms with E-state index in [1.54, 1.807) is 11.8 Å². The second-order valence-corrected chi connectivity index (χ2v) is 2.50. The van der Waals surface area contributed by atoms with Crippen molar-refractivity contribution in [3.05, 3.63) is 11.0 Å². The van der Waals surface area contributed by atoms with Crippen LogP contribution in [0.5, 0.6) is 0 Å². The van der Waals surface area contributed by atoms with Crippen molar-refractivity contribution < 1.29 is 0 Å². The fourth-order valence-corrected chi connectivity index (χ4v) is 0.878. The Morgan fingerprint density at radius 2 is 2.50 bits per heavy atom. The maximum absolute atomic E-state index is 8.32. The third kappa shape index (κ3) is 2.70. The number of hydrogen-bond donors (Lipinski definition) is 0. The average molecular weight is 127 g/mol. The van der Waals surface area contributed by atoms with Crippen LogP contribution in [0.3, 0.4) is 0 Å². The first-order chi connectivity index (χ1) is 3.85. The highest BCUT2D eigenvalue weighted by molar-refractivity contribution is 8.03. The predicted octanol–water partition coefficient (Wildman–Crippen LogP) is 2.17. The second-order valence-electron chi connectivity index (χ2n) is 1.20. The minimum atomic E-state index is 0.813. The lowest BCUT2D eigenvalue weighted by Crippen LogP contribution is -1.69. The van der Waals surface area contributed by atoms with Crippen LogP contribution in [-0.2, 0) is 0 Å². The van der Waals surface area contributed by atoms with Gasteiger partial charge in [0.25, 0.3) is 0 Å². The van der Waals surface area contributed by atoms with Crippen molar-refractivity contribution >= 4 is 11.8 Å². The molecule has 0 heterocycles. The van der Waals surface area contributed by atoms with E-state index in [0.29, 0.717) is 0 Å². The minimum absolute atomic E-state index is 0.813. The van der Waals surface area contributed by atoms with Crippen LogP contribution < -0.4 is 0 Å². The maximum atomic E-state index is 8.32. The highest BCUT2D eigenvalue weighted by Gasteiger charge is 1.87. The lowest BCUT2D eigenvalue weighted by Gasteiger charge is -1.87. The van der Waals surface area contributed by atoms with Crippen LogP contribution in [0.25, 0.3) is 0 Å². The molecule has 0 aromatic rings. The molecule has 0 atom stereocenters. The largest absolute Gasteiger partial charge is 0.192 e. The van der Waals surface area contributed by atoms with Gasteiger partial charge in [-0.1, -0.05) is 13.0 Å². The molecule has 0 aliphatic carbocycles. The first kappa shape index (κ1) is 7.58. The Kier molecular flexibility index (Phi) is 4.48. The van der Waals surface area contributed by atoms with Crippen molar-refractivity contribution in [2.75, 3.05) is 5.75 Å². The fourth-order valence-electron chi connectivity index (χ4n) is 0.336. The van der Waals surface area contributed by atoms with Gasteiger partial charge in [-0.25, -0.2) is 0 Å². The van der Waals surface area contributed by atoms with Crippen LogP contribution in [0.1, 0.15) is 13.8 Å². The molecule has 2 heteroatoms. The third-order valence-electron chi connectivity index (χ3n) is 0.672. The van der Waals surface area contributed by atoms with E-state index >= 15 is 0 Å². The Labute approximate surface area is 54.4 Å². The van der Waals surface area contributed by atoms with Crippen molar-refractivity contribution in [1.82, 2.24) is 0 Å². The zero-order chi connectivity index (χ0) is 6.41. The Morgan fingerprint density at radius 1 is 1.88 bits per heavy atom. The number of nitriles is 1. The van der Waals surface area contributed by atoms with Gasteiger partial charge in [-0.3, -0.25) is 0 Å². The third-order valence-corrected chi connectivity index (χ3v) is 1.60. The monoisotopic (exact) mass is 127 g/mol. The van der Waals surface area contributed by atoms with Crippen LogP contribution in [-0.4, -0.2) is 5.75 Å². The molecule has 44 valence electrons. The Bertz CT molecular complexity index is 121. The van der Waals surface area contributed by atoms with E-state index in [-0.39, 0.29) is 0 Å². The fraction of sp³-hybridized carbons (Fsp3) is 0.500. The van der Waals surface area contributed by atoms with Gasteiger partial charge in [0.2, 0.25) is 0 Å². The van der Waals surface area contributed by atoms with Gasteiger partial charge >= 0.3 is 0 Å². The molecule has 0 spiro atoms. The highest BCUT2D eigenvalue weighted by Crippen LogP contribution is 2.11. The van der Waals surface area contributed by atoms with Crippen molar-refractivity contribution in [2.24, 2.45) is 0 Å².